The maximum absolute atomic E-state index is 3.56. The lowest BCUT2D eigenvalue weighted by Gasteiger charge is -2.36. The second-order valence-corrected chi connectivity index (χ2v) is 5.71. The molecule has 2 unspecified atom stereocenters. The van der Waals surface area contributed by atoms with Crippen molar-refractivity contribution < 1.29 is 0 Å². The minimum Gasteiger partial charge on any atom is -0.309 e. The summed E-state index contributed by atoms with van der Waals surface area (Å²) < 4.78 is 1.17. The smallest absolute Gasteiger partial charge is 0.0235 e. The number of benzene rings is 1. The number of nitrogens with one attached hydrogen (secondary N) is 1. The molecule has 16 heavy (non-hydrogen) atoms. The van der Waals surface area contributed by atoms with Crippen molar-refractivity contribution in [2.45, 2.75) is 32.5 Å². The summed E-state index contributed by atoms with van der Waals surface area (Å²) in [4.78, 5) is 2.52. The largest absolute Gasteiger partial charge is 0.309 e. The van der Waals surface area contributed by atoms with Crippen molar-refractivity contribution in [3.05, 3.63) is 34.3 Å². The molecule has 0 aromatic heterocycles. The standard InChI is InChI=1S/C13H19BrN2/c1-10-7-16(8-11(2)15-10)9-12-4-3-5-13(14)6-12/h3-6,10-11,15H,7-9H2,1-2H3. The molecular weight excluding hydrogens is 264 g/mol. The number of hydrogen-bond acceptors (Lipinski definition) is 2. The van der Waals surface area contributed by atoms with E-state index in [4.69, 9.17) is 0 Å². The van der Waals surface area contributed by atoms with Gasteiger partial charge in [-0.05, 0) is 31.5 Å². The summed E-state index contributed by atoms with van der Waals surface area (Å²) in [5.74, 6) is 0. The van der Waals surface area contributed by atoms with Gasteiger partial charge in [-0.15, -0.1) is 0 Å². The minimum atomic E-state index is 0.593. The molecule has 3 heteroatoms. The first-order valence-electron chi connectivity index (χ1n) is 5.86. The number of piperazine rings is 1. The Labute approximate surface area is 106 Å². The molecule has 88 valence electrons. The maximum Gasteiger partial charge on any atom is 0.0235 e. The quantitative estimate of drug-likeness (QED) is 0.897. The second kappa shape index (κ2) is 5.30. The Morgan fingerprint density at radius 1 is 1.31 bits per heavy atom. The first-order chi connectivity index (χ1) is 7.63. The van der Waals surface area contributed by atoms with E-state index < -0.39 is 0 Å². The second-order valence-electron chi connectivity index (χ2n) is 4.79. The van der Waals surface area contributed by atoms with Crippen LogP contribution in [-0.4, -0.2) is 30.1 Å². The molecule has 0 radical (unpaired) electrons. The van der Waals surface area contributed by atoms with E-state index in [1.807, 2.05) is 0 Å². The van der Waals surface area contributed by atoms with Gasteiger partial charge in [0, 0.05) is 36.2 Å². The number of nitrogens with zero attached hydrogens (tertiary/aromatic N) is 1. The third-order valence-corrected chi connectivity index (χ3v) is 3.42. The van der Waals surface area contributed by atoms with Gasteiger partial charge in [-0.1, -0.05) is 28.1 Å². The SMILES string of the molecule is CC1CN(Cc2cccc(Br)c2)CC(C)N1. The summed E-state index contributed by atoms with van der Waals surface area (Å²) in [5.41, 5.74) is 1.38. The molecule has 1 aliphatic rings. The van der Waals surface area contributed by atoms with Crippen molar-refractivity contribution in [2.24, 2.45) is 0 Å². The molecule has 1 aromatic carbocycles. The molecule has 1 aliphatic heterocycles. The van der Waals surface area contributed by atoms with Crippen molar-refractivity contribution in [1.29, 1.82) is 0 Å². The van der Waals surface area contributed by atoms with Crippen LogP contribution in [0.15, 0.2) is 28.7 Å². The lowest BCUT2D eigenvalue weighted by atomic mass is 10.1. The molecule has 1 heterocycles. The Kier molecular flexibility index (Phi) is 4.00. The van der Waals surface area contributed by atoms with Crippen LogP contribution in [0, 0.1) is 0 Å². The molecule has 0 saturated carbocycles. The molecule has 0 amide bonds. The number of rotatable bonds is 2. The Morgan fingerprint density at radius 2 is 2.00 bits per heavy atom. The third-order valence-electron chi connectivity index (χ3n) is 2.93. The molecule has 1 fully saturated rings. The molecule has 2 atom stereocenters. The zero-order valence-corrected chi connectivity index (χ0v) is 11.5. The predicted octanol–water partition coefficient (Wildman–Crippen LogP) is 2.63. The van der Waals surface area contributed by atoms with Gasteiger partial charge in [-0.3, -0.25) is 4.90 Å². The third kappa shape index (κ3) is 3.30. The summed E-state index contributed by atoms with van der Waals surface area (Å²) in [6.07, 6.45) is 0. The molecule has 1 N–H and O–H groups in total. The highest BCUT2D eigenvalue weighted by atomic mass is 79.9. The van der Waals surface area contributed by atoms with Gasteiger partial charge in [0.05, 0.1) is 0 Å². The van der Waals surface area contributed by atoms with E-state index in [1.165, 1.54) is 10.0 Å². The fourth-order valence-electron chi connectivity index (χ4n) is 2.46. The molecule has 0 aliphatic carbocycles. The van der Waals surface area contributed by atoms with Gasteiger partial charge in [0.1, 0.15) is 0 Å². The predicted molar refractivity (Wildman–Crippen MR) is 71.5 cm³/mol. The summed E-state index contributed by atoms with van der Waals surface area (Å²) in [5, 5.41) is 3.56. The average molecular weight is 283 g/mol. The van der Waals surface area contributed by atoms with Crippen molar-refractivity contribution in [3.63, 3.8) is 0 Å². The normalized spacial score (nSPS) is 26.9. The highest BCUT2D eigenvalue weighted by Gasteiger charge is 2.20. The van der Waals surface area contributed by atoms with Crippen LogP contribution < -0.4 is 5.32 Å². The highest BCUT2D eigenvalue weighted by Crippen LogP contribution is 2.15. The van der Waals surface area contributed by atoms with E-state index in [0.29, 0.717) is 12.1 Å². The fourth-order valence-corrected chi connectivity index (χ4v) is 2.91. The Morgan fingerprint density at radius 3 is 2.62 bits per heavy atom. The highest BCUT2D eigenvalue weighted by molar-refractivity contribution is 9.10. The van der Waals surface area contributed by atoms with Gasteiger partial charge < -0.3 is 5.32 Å². The van der Waals surface area contributed by atoms with Gasteiger partial charge >= 0.3 is 0 Å². The summed E-state index contributed by atoms with van der Waals surface area (Å²) in [6, 6.07) is 9.77. The molecule has 2 nitrogen and oxygen atoms in total. The van der Waals surface area contributed by atoms with Crippen LogP contribution in [0.4, 0.5) is 0 Å². The Balaban J connectivity index is 1.98. The summed E-state index contributed by atoms with van der Waals surface area (Å²) >= 11 is 3.52. The first kappa shape index (κ1) is 12.1. The van der Waals surface area contributed by atoms with Crippen molar-refractivity contribution >= 4 is 15.9 Å². The van der Waals surface area contributed by atoms with Crippen LogP contribution in [-0.2, 0) is 6.54 Å². The monoisotopic (exact) mass is 282 g/mol. The van der Waals surface area contributed by atoms with Crippen LogP contribution in [0.2, 0.25) is 0 Å². The van der Waals surface area contributed by atoms with Gasteiger partial charge in [0.2, 0.25) is 0 Å². The summed E-state index contributed by atoms with van der Waals surface area (Å²) in [7, 11) is 0. The van der Waals surface area contributed by atoms with Crippen LogP contribution in [0.25, 0.3) is 0 Å². The van der Waals surface area contributed by atoms with E-state index in [0.717, 1.165) is 19.6 Å². The molecule has 0 spiro atoms. The lowest BCUT2D eigenvalue weighted by Crippen LogP contribution is -2.53. The van der Waals surface area contributed by atoms with Crippen LogP contribution in [0.1, 0.15) is 19.4 Å². The van der Waals surface area contributed by atoms with E-state index >= 15 is 0 Å². The Hall–Kier alpha value is -0.380. The first-order valence-corrected chi connectivity index (χ1v) is 6.65. The minimum absolute atomic E-state index is 0.593. The zero-order valence-electron chi connectivity index (χ0n) is 9.91. The summed E-state index contributed by atoms with van der Waals surface area (Å²) in [6.45, 7) is 7.83. The van der Waals surface area contributed by atoms with Gasteiger partial charge in [0.15, 0.2) is 0 Å². The van der Waals surface area contributed by atoms with Crippen LogP contribution in [0.5, 0.6) is 0 Å². The van der Waals surface area contributed by atoms with Crippen LogP contribution in [0.3, 0.4) is 0 Å². The van der Waals surface area contributed by atoms with Gasteiger partial charge in [-0.2, -0.15) is 0 Å². The van der Waals surface area contributed by atoms with E-state index in [-0.39, 0.29) is 0 Å². The molecule has 0 bridgehead atoms. The molecule has 1 saturated heterocycles. The number of hydrogen-bond donors (Lipinski definition) is 1. The zero-order chi connectivity index (χ0) is 11.5. The van der Waals surface area contributed by atoms with E-state index in [9.17, 15) is 0 Å². The topological polar surface area (TPSA) is 15.3 Å². The maximum atomic E-state index is 3.56. The van der Waals surface area contributed by atoms with Gasteiger partial charge in [-0.25, -0.2) is 0 Å². The molecular formula is C13H19BrN2. The van der Waals surface area contributed by atoms with E-state index in [2.05, 4.69) is 64.3 Å². The van der Waals surface area contributed by atoms with Gasteiger partial charge in [0.25, 0.3) is 0 Å². The fraction of sp³-hybridized carbons (Fsp3) is 0.538. The number of halogens is 1. The molecule has 1 aromatic rings. The van der Waals surface area contributed by atoms with Crippen molar-refractivity contribution in [2.75, 3.05) is 13.1 Å². The average Bonchev–Trinajstić information content (AvgIpc) is 2.15. The lowest BCUT2D eigenvalue weighted by molar-refractivity contribution is 0.166. The Bertz CT molecular complexity index is 344. The van der Waals surface area contributed by atoms with E-state index in [1.54, 1.807) is 0 Å². The van der Waals surface area contributed by atoms with Crippen LogP contribution >= 0.6 is 15.9 Å². The van der Waals surface area contributed by atoms with Crippen molar-refractivity contribution in [1.82, 2.24) is 10.2 Å². The molecule has 2 rings (SSSR count). The van der Waals surface area contributed by atoms with Crippen molar-refractivity contribution in [3.8, 4) is 0 Å².